The van der Waals surface area contributed by atoms with Gasteiger partial charge in [0.2, 0.25) is 5.91 Å². The van der Waals surface area contributed by atoms with Crippen LogP contribution in [0.5, 0.6) is 11.5 Å². The van der Waals surface area contributed by atoms with Gasteiger partial charge >= 0.3 is 0 Å². The number of carbonyl (C=O) groups excluding carboxylic acids is 1. The minimum atomic E-state index is -0.0530. The van der Waals surface area contributed by atoms with Crippen molar-refractivity contribution in [3.05, 3.63) is 87.6 Å². The summed E-state index contributed by atoms with van der Waals surface area (Å²) in [4.78, 5) is 17.3. The predicted molar refractivity (Wildman–Crippen MR) is 128 cm³/mol. The Bertz CT molecular complexity index is 1100. The molecule has 0 aliphatic heterocycles. The van der Waals surface area contributed by atoms with Crippen molar-refractivity contribution in [3.8, 4) is 17.6 Å². The first kappa shape index (κ1) is 23.1. The molecule has 6 heteroatoms. The van der Waals surface area contributed by atoms with Gasteiger partial charge in [-0.15, -0.1) is 11.3 Å². The van der Waals surface area contributed by atoms with E-state index < -0.39 is 0 Å². The summed E-state index contributed by atoms with van der Waals surface area (Å²) in [7, 11) is 1.54. The molecule has 0 N–H and O–H groups in total. The number of hydrogen-bond acceptors (Lipinski definition) is 5. The molecule has 0 bridgehead atoms. The molecule has 32 heavy (non-hydrogen) atoms. The van der Waals surface area contributed by atoms with Gasteiger partial charge in [-0.2, -0.15) is 5.26 Å². The maximum atomic E-state index is 13.1. The summed E-state index contributed by atoms with van der Waals surface area (Å²) < 4.78 is 10.7. The van der Waals surface area contributed by atoms with E-state index in [2.05, 4.69) is 31.2 Å². The molecule has 164 valence electrons. The third kappa shape index (κ3) is 6.73. The summed E-state index contributed by atoms with van der Waals surface area (Å²) in [5.74, 6) is 0.968. The average molecular weight is 447 g/mol. The zero-order valence-electron chi connectivity index (χ0n) is 18.3. The van der Waals surface area contributed by atoms with E-state index in [4.69, 9.17) is 14.7 Å². The SMILES string of the molecule is COc1cc(/C=C/C(=O)N(CCc2ccccc2)Cc2ccc(C)s2)ccc1OCC#N. The molecule has 3 aromatic rings. The molecule has 1 amide bonds. The minimum absolute atomic E-state index is 0.0456. The zero-order chi connectivity index (χ0) is 22.8. The summed E-state index contributed by atoms with van der Waals surface area (Å²) in [6.07, 6.45) is 4.16. The molecule has 0 aliphatic carbocycles. The highest BCUT2D eigenvalue weighted by Crippen LogP contribution is 2.28. The monoisotopic (exact) mass is 446 g/mol. The van der Waals surface area contributed by atoms with Crippen LogP contribution >= 0.6 is 11.3 Å². The Morgan fingerprint density at radius 2 is 1.94 bits per heavy atom. The Labute approximate surface area is 193 Å². The Kier molecular flexibility index (Phi) is 8.47. The van der Waals surface area contributed by atoms with Crippen LogP contribution in [0.2, 0.25) is 0 Å². The van der Waals surface area contributed by atoms with Gasteiger partial charge in [0.05, 0.1) is 13.7 Å². The van der Waals surface area contributed by atoms with Gasteiger partial charge in [0, 0.05) is 22.4 Å². The number of thiophene rings is 1. The summed E-state index contributed by atoms with van der Waals surface area (Å²) in [5.41, 5.74) is 2.02. The van der Waals surface area contributed by atoms with Gasteiger partial charge in [0.15, 0.2) is 18.1 Å². The van der Waals surface area contributed by atoms with Gasteiger partial charge in [-0.1, -0.05) is 36.4 Å². The van der Waals surface area contributed by atoms with E-state index >= 15 is 0 Å². The lowest BCUT2D eigenvalue weighted by atomic mass is 10.1. The zero-order valence-corrected chi connectivity index (χ0v) is 19.1. The molecule has 0 aliphatic rings. The van der Waals surface area contributed by atoms with E-state index in [0.717, 1.165) is 16.9 Å². The van der Waals surface area contributed by atoms with Crippen LogP contribution in [0.4, 0.5) is 0 Å². The molecule has 3 rings (SSSR count). The third-order valence-electron chi connectivity index (χ3n) is 4.87. The molecule has 1 aromatic heterocycles. The van der Waals surface area contributed by atoms with Crippen molar-refractivity contribution in [1.82, 2.24) is 4.90 Å². The Morgan fingerprint density at radius 1 is 1.12 bits per heavy atom. The number of nitrogens with zero attached hydrogens (tertiary/aromatic N) is 2. The van der Waals surface area contributed by atoms with E-state index in [-0.39, 0.29) is 12.5 Å². The van der Waals surface area contributed by atoms with Crippen molar-refractivity contribution in [1.29, 1.82) is 5.26 Å². The summed E-state index contributed by atoms with van der Waals surface area (Å²) in [6.45, 7) is 3.23. The number of rotatable bonds is 10. The maximum absolute atomic E-state index is 13.1. The third-order valence-corrected chi connectivity index (χ3v) is 5.85. The van der Waals surface area contributed by atoms with Crippen LogP contribution in [0.1, 0.15) is 20.9 Å². The molecule has 0 radical (unpaired) electrons. The number of amides is 1. The average Bonchev–Trinajstić information content (AvgIpc) is 3.24. The van der Waals surface area contributed by atoms with Crippen LogP contribution in [0.15, 0.2) is 66.7 Å². The number of hydrogen-bond donors (Lipinski definition) is 0. The second-order valence-electron chi connectivity index (χ2n) is 7.20. The Balaban J connectivity index is 1.73. The van der Waals surface area contributed by atoms with Crippen LogP contribution in [-0.2, 0) is 17.8 Å². The molecule has 5 nitrogen and oxygen atoms in total. The Morgan fingerprint density at radius 3 is 2.62 bits per heavy atom. The van der Waals surface area contributed by atoms with E-state index in [1.807, 2.05) is 35.2 Å². The largest absolute Gasteiger partial charge is 0.493 e. The van der Waals surface area contributed by atoms with E-state index in [0.29, 0.717) is 24.6 Å². The molecule has 0 saturated heterocycles. The van der Waals surface area contributed by atoms with Gasteiger partial charge in [0.1, 0.15) is 6.07 Å². The number of methoxy groups -OCH3 is 1. The van der Waals surface area contributed by atoms with Crippen molar-refractivity contribution in [3.63, 3.8) is 0 Å². The van der Waals surface area contributed by atoms with Crippen LogP contribution in [-0.4, -0.2) is 31.1 Å². The quantitative estimate of drug-likeness (QED) is 0.399. The lowest BCUT2D eigenvalue weighted by Gasteiger charge is -2.21. The van der Waals surface area contributed by atoms with Crippen molar-refractivity contribution >= 4 is 23.3 Å². The van der Waals surface area contributed by atoms with Crippen LogP contribution in [0.3, 0.4) is 0 Å². The first-order valence-corrected chi connectivity index (χ1v) is 11.1. The molecule has 0 unspecified atom stereocenters. The summed E-state index contributed by atoms with van der Waals surface area (Å²) in [5, 5.41) is 8.70. The fraction of sp³-hybridized carbons (Fsp3) is 0.231. The van der Waals surface area contributed by atoms with Crippen molar-refractivity contribution in [2.24, 2.45) is 0 Å². The van der Waals surface area contributed by atoms with Crippen molar-refractivity contribution < 1.29 is 14.3 Å². The molecular formula is C26H26N2O3S. The number of aryl methyl sites for hydroxylation is 1. The number of carbonyl (C=O) groups is 1. The highest BCUT2D eigenvalue weighted by molar-refractivity contribution is 7.11. The van der Waals surface area contributed by atoms with Crippen LogP contribution in [0, 0.1) is 18.3 Å². The van der Waals surface area contributed by atoms with E-state index in [1.54, 1.807) is 42.7 Å². The molecule has 2 aromatic carbocycles. The van der Waals surface area contributed by atoms with E-state index in [9.17, 15) is 4.79 Å². The first-order chi connectivity index (χ1) is 15.6. The lowest BCUT2D eigenvalue weighted by molar-refractivity contribution is -0.126. The molecule has 0 spiro atoms. The number of nitriles is 1. The summed E-state index contributed by atoms with van der Waals surface area (Å²) >= 11 is 1.71. The summed E-state index contributed by atoms with van der Waals surface area (Å²) in [6, 6.07) is 21.6. The highest BCUT2D eigenvalue weighted by atomic mass is 32.1. The molecular weight excluding hydrogens is 420 g/mol. The van der Waals surface area contributed by atoms with Crippen LogP contribution in [0.25, 0.3) is 6.08 Å². The normalized spacial score (nSPS) is 10.7. The molecule has 0 saturated carbocycles. The van der Waals surface area contributed by atoms with Gasteiger partial charge < -0.3 is 14.4 Å². The standard InChI is InChI=1S/C26H26N2O3S/c1-20-8-11-23(32-20)19-28(16-14-21-6-4-3-5-7-21)26(29)13-10-22-9-12-24(31-17-15-27)25(18-22)30-2/h3-13,18H,14,16-17,19H2,1-2H3/b13-10+. The highest BCUT2D eigenvalue weighted by Gasteiger charge is 2.13. The Hall–Kier alpha value is -3.56. The van der Waals surface area contributed by atoms with E-state index in [1.165, 1.54) is 10.4 Å². The van der Waals surface area contributed by atoms with Gasteiger partial charge in [-0.05, 0) is 54.8 Å². The molecule has 0 atom stereocenters. The first-order valence-electron chi connectivity index (χ1n) is 10.3. The van der Waals surface area contributed by atoms with Gasteiger partial charge in [0.25, 0.3) is 0 Å². The topological polar surface area (TPSA) is 62.6 Å². The number of benzene rings is 2. The second-order valence-corrected chi connectivity index (χ2v) is 8.57. The minimum Gasteiger partial charge on any atom is -0.493 e. The second kappa shape index (κ2) is 11.7. The molecule has 0 fully saturated rings. The number of ether oxygens (including phenoxy) is 2. The molecule has 1 heterocycles. The predicted octanol–water partition coefficient (Wildman–Crippen LogP) is 5.25. The fourth-order valence-electron chi connectivity index (χ4n) is 3.22. The van der Waals surface area contributed by atoms with Gasteiger partial charge in [-0.25, -0.2) is 0 Å². The smallest absolute Gasteiger partial charge is 0.246 e. The fourth-order valence-corrected chi connectivity index (χ4v) is 4.13. The van der Waals surface area contributed by atoms with Crippen LogP contribution < -0.4 is 9.47 Å². The van der Waals surface area contributed by atoms with Crippen molar-refractivity contribution in [2.75, 3.05) is 20.3 Å². The lowest BCUT2D eigenvalue weighted by Crippen LogP contribution is -2.30. The maximum Gasteiger partial charge on any atom is 0.246 e. The van der Waals surface area contributed by atoms with Gasteiger partial charge in [-0.3, -0.25) is 4.79 Å². The van der Waals surface area contributed by atoms with Crippen molar-refractivity contribution in [2.45, 2.75) is 19.9 Å².